The van der Waals surface area contributed by atoms with E-state index in [1.807, 2.05) is 0 Å². The van der Waals surface area contributed by atoms with Crippen LogP contribution in [-0.2, 0) is 0 Å². The minimum absolute atomic E-state index is 0.513. The van der Waals surface area contributed by atoms with E-state index >= 15 is 0 Å². The average molecular weight is 226 g/mol. The third-order valence-corrected chi connectivity index (χ3v) is 1.19. The van der Waals surface area contributed by atoms with Gasteiger partial charge in [-0.3, -0.25) is 0 Å². The molecule has 76 valence electrons. The molecular formula is C6H4BClF4N2. The Morgan fingerprint density at radius 1 is 1.07 bits per heavy atom. The van der Waals surface area contributed by atoms with Crippen molar-refractivity contribution in [3.8, 4) is 0 Å². The van der Waals surface area contributed by atoms with Crippen LogP contribution < -0.4 is 0 Å². The fraction of sp³-hybridized carbons (Fsp3) is 0. The summed E-state index contributed by atoms with van der Waals surface area (Å²) in [4.78, 5) is 2.95. The number of halogens is 5. The fourth-order valence-electron chi connectivity index (χ4n) is 0.508. The summed E-state index contributed by atoms with van der Waals surface area (Å²) in [6.07, 6.45) is 0. The van der Waals surface area contributed by atoms with Gasteiger partial charge in [0.15, 0.2) is 4.98 Å². The topological polar surface area (TPSA) is 28.1 Å². The zero-order valence-electron chi connectivity index (χ0n) is 6.67. The van der Waals surface area contributed by atoms with Gasteiger partial charge in [-0.05, 0) is 12.1 Å². The van der Waals surface area contributed by atoms with Crippen LogP contribution in [0.1, 0.15) is 0 Å². The van der Waals surface area contributed by atoms with Crippen molar-refractivity contribution in [2.45, 2.75) is 0 Å². The normalized spacial score (nSPS) is 9.71. The van der Waals surface area contributed by atoms with Crippen molar-refractivity contribution in [3.05, 3.63) is 34.3 Å². The van der Waals surface area contributed by atoms with Gasteiger partial charge in [0.2, 0.25) is 5.39 Å². The Hall–Kier alpha value is -1.29. The zero-order chi connectivity index (χ0) is 11.2. The summed E-state index contributed by atoms with van der Waals surface area (Å²) in [6, 6.07) is 6.58. The summed E-state index contributed by atoms with van der Waals surface area (Å²) >= 11 is 5.55. The molecule has 0 spiro atoms. The Bertz CT molecular complexity index is 312. The maximum atomic E-state index is 9.75. The van der Waals surface area contributed by atoms with Gasteiger partial charge in [0, 0.05) is 17.2 Å². The number of diazo groups is 1. The SMILES string of the molecule is F[B-](F)(F)F.N#[N+]c1ccc(Cl)cc1. The van der Waals surface area contributed by atoms with Crippen LogP contribution in [0.3, 0.4) is 0 Å². The molecular weight excluding hydrogens is 222 g/mol. The van der Waals surface area contributed by atoms with Crippen molar-refractivity contribution in [2.75, 3.05) is 0 Å². The van der Waals surface area contributed by atoms with Crippen molar-refractivity contribution in [1.29, 1.82) is 5.39 Å². The monoisotopic (exact) mass is 226 g/mol. The zero-order valence-corrected chi connectivity index (χ0v) is 7.43. The molecule has 0 unspecified atom stereocenters. The van der Waals surface area contributed by atoms with Gasteiger partial charge in [0.25, 0.3) is 0 Å². The largest absolute Gasteiger partial charge is 0.673 e. The molecule has 0 atom stereocenters. The molecule has 8 heteroatoms. The van der Waals surface area contributed by atoms with Crippen molar-refractivity contribution in [3.63, 3.8) is 0 Å². The first-order chi connectivity index (χ1) is 6.33. The highest BCUT2D eigenvalue weighted by atomic mass is 35.5. The molecule has 1 rings (SSSR count). The van der Waals surface area contributed by atoms with E-state index in [9.17, 15) is 17.3 Å². The van der Waals surface area contributed by atoms with Crippen molar-refractivity contribution < 1.29 is 17.3 Å². The van der Waals surface area contributed by atoms with Crippen LogP contribution in [0.5, 0.6) is 0 Å². The molecule has 0 fully saturated rings. The molecule has 1 aromatic rings. The standard InChI is InChI=1S/C6H4ClN2.BF4/c7-5-1-3-6(9-8)4-2-5;2-1(3,4)5/h1-4H;/q+1;-1. The van der Waals surface area contributed by atoms with Crippen LogP contribution in [0.4, 0.5) is 23.0 Å². The summed E-state index contributed by atoms with van der Waals surface area (Å²) in [5.74, 6) is 0. The number of benzene rings is 1. The average Bonchev–Trinajstić information content (AvgIpc) is 2.03. The van der Waals surface area contributed by atoms with E-state index in [1.54, 1.807) is 24.3 Å². The first kappa shape index (κ1) is 12.7. The molecule has 1 aromatic carbocycles. The van der Waals surface area contributed by atoms with Gasteiger partial charge in [-0.1, -0.05) is 11.6 Å². The van der Waals surface area contributed by atoms with Crippen molar-refractivity contribution >= 4 is 24.5 Å². The first-order valence-corrected chi connectivity index (χ1v) is 3.68. The van der Waals surface area contributed by atoms with Crippen molar-refractivity contribution in [1.82, 2.24) is 0 Å². The minimum Gasteiger partial charge on any atom is -0.418 e. The third-order valence-electron chi connectivity index (χ3n) is 0.942. The molecule has 0 aliphatic heterocycles. The van der Waals surface area contributed by atoms with E-state index in [4.69, 9.17) is 17.0 Å². The first-order valence-electron chi connectivity index (χ1n) is 3.31. The van der Waals surface area contributed by atoms with E-state index in [2.05, 4.69) is 4.98 Å². The van der Waals surface area contributed by atoms with Gasteiger partial charge in [-0.25, -0.2) is 0 Å². The summed E-state index contributed by atoms with van der Waals surface area (Å²) in [5.41, 5.74) is 0.513. The van der Waals surface area contributed by atoms with Crippen LogP contribution in [0.2, 0.25) is 5.02 Å². The number of hydrogen-bond donors (Lipinski definition) is 0. The van der Waals surface area contributed by atoms with E-state index < -0.39 is 7.25 Å². The van der Waals surface area contributed by atoms with Crippen LogP contribution in [0.25, 0.3) is 4.98 Å². The minimum atomic E-state index is -6.00. The molecule has 0 aliphatic rings. The van der Waals surface area contributed by atoms with E-state index in [-0.39, 0.29) is 0 Å². The summed E-state index contributed by atoms with van der Waals surface area (Å²) in [7, 11) is -6.00. The predicted octanol–water partition coefficient (Wildman–Crippen LogP) is 4.12. The highest BCUT2D eigenvalue weighted by molar-refractivity contribution is 6.50. The smallest absolute Gasteiger partial charge is 0.418 e. The molecule has 0 bridgehead atoms. The molecule has 0 N–H and O–H groups in total. The molecule has 14 heavy (non-hydrogen) atoms. The van der Waals surface area contributed by atoms with Gasteiger partial charge >= 0.3 is 12.9 Å². The third kappa shape index (κ3) is 8.81. The van der Waals surface area contributed by atoms with Gasteiger partial charge in [-0.15, -0.1) is 0 Å². The van der Waals surface area contributed by atoms with Crippen molar-refractivity contribution in [2.24, 2.45) is 0 Å². The van der Waals surface area contributed by atoms with Crippen LogP contribution in [0.15, 0.2) is 24.3 Å². The quantitative estimate of drug-likeness (QED) is 0.371. The van der Waals surface area contributed by atoms with E-state index in [0.29, 0.717) is 10.7 Å². The highest BCUT2D eigenvalue weighted by Gasteiger charge is 2.20. The second-order valence-corrected chi connectivity index (χ2v) is 2.51. The maximum absolute atomic E-state index is 9.75. The molecule has 0 aromatic heterocycles. The lowest BCUT2D eigenvalue weighted by Gasteiger charge is -1.94. The number of hydrogen-bond acceptors (Lipinski definition) is 1. The molecule has 0 radical (unpaired) electrons. The summed E-state index contributed by atoms with van der Waals surface area (Å²) in [5, 5.41) is 8.85. The van der Waals surface area contributed by atoms with Crippen LogP contribution in [-0.4, -0.2) is 7.25 Å². The molecule has 0 heterocycles. The van der Waals surface area contributed by atoms with Gasteiger partial charge < -0.3 is 17.3 Å². The Morgan fingerprint density at radius 2 is 1.43 bits per heavy atom. The maximum Gasteiger partial charge on any atom is 0.673 e. The second-order valence-electron chi connectivity index (χ2n) is 2.07. The Kier molecular flexibility index (Phi) is 4.95. The van der Waals surface area contributed by atoms with Gasteiger partial charge in [0.05, 0.1) is 0 Å². The number of nitrogens with zero attached hydrogens (tertiary/aromatic N) is 2. The van der Waals surface area contributed by atoms with Gasteiger partial charge in [0.1, 0.15) is 0 Å². The molecule has 0 saturated heterocycles. The summed E-state index contributed by atoms with van der Waals surface area (Å²) < 4.78 is 39.0. The Balaban J connectivity index is 0.000000292. The molecule has 2 nitrogen and oxygen atoms in total. The summed E-state index contributed by atoms with van der Waals surface area (Å²) in [6.45, 7) is 0. The predicted molar refractivity (Wildman–Crippen MR) is 46.4 cm³/mol. The fourth-order valence-corrected chi connectivity index (χ4v) is 0.634. The Labute approximate surface area is 82.2 Å². The lowest BCUT2D eigenvalue weighted by molar-refractivity contribution is 0.368. The molecule has 0 aliphatic carbocycles. The molecule has 0 saturated carbocycles. The van der Waals surface area contributed by atoms with E-state index in [0.717, 1.165) is 0 Å². The van der Waals surface area contributed by atoms with Gasteiger partial charge in [-0.2, -0.15) is 0 Å². The van der Waals surface area contributed by atoms with E-state index in [1.165, 1.54) is 0 Å². The number of rotatable bonds is 0. The van der Waals surface area contributed by atoms with Crippen LogP contribution >= 0.6 is 11.6 Å². The van der Waals surface area contributed by atoms with Crippen LogP contribution in [0, 0.1) is 5.39 Å². The lowest BCUT2D eigenvalue weighted by atomic mass is 10.3. The lowest BCUT2D eigenvalue weighted by Crippen LogP contribution is -2.02. The molecule has 0 amide bonds. The highest BCUT2D eigenvalue weighted by Crippen LogP contribution is 2.15. The second kappa shape index (κ2) is 5.45. The Morgan fingerprint density at radius 3 is 1.71 bits per heavy atom.